The van der Waals surface area contributed by atoms with Gasteiger partial charge in [-0.25, -0.2) is 9.98 Å². The third-order valence-corrected chi connectivity index (χ3v) is 8.89. The maximum Gasteiger partial charge on any atom is 2.00 e. The molecule has 6 aromatic rings. The molecule has 0 N–H and O–H groups in total. The molecule has 0 amide bonds. The summed E-state index contributed by atoms with van der Waals surface area (Å²) in [4.78, 5) is 10.4. The van der Waals surface area contributed by atoms with Crippen LogP contribution in [0.2, 0.25) is 0 Å². The van der Waals surface area contributed by atoms with Crippen molar-refractivity contribution in [3.63, 3.8) is 0 Å². The van der Waals surface area contributed by atoms with Crippen molar-refractivity contribution in [1.29, 1.82) is 0 Å². The van der Waals surface area contributed by atoms with Gasteiger partial charge in [-0.1, -0.05) is 158 Å². The molecule has 0 fully saturated rings. The molecule has 6 aromatic carbocycles. The van der Waals surface area contributed by atoms with Crippen molar-refractivity contribution < 1.29 is 50.8 Å². The maximum atomic E-state index is 6.67. The fourth-order valence-corrected chi connectivity index (χ4v) is 6.58. The van der Waals surface area contributed by atoms with Crippen molar-refractivity contribution >= 4 is 11.8 Å². The molecule has 0 saturated carbocycles. The first-order valence-electron chi connectivity index (χ1n) is 16.2. The van der Waals surface area contributed by atoms with Gasteiger partial charge in [0.1, 0.15) is 12.1 Å². The SMILES string of the molecule is [Cl-].[Cl-].[Ni+2].c1ccc(-c2cccc([C@H]3N=C(CC4=N[C@H](c5cccc(-c6ccccc6)c5)C(c5ccccc5)O4)OC3c3ccccc3)c2)cc1. The molecule has 0 aliphatic carbocycles. The summed E-state index contributed by atoms with van der Waals surface area (Å²) >= 11 is 0. The number of rotatable bonds is 8. The molecule has 0 spiro atoms. The van der Waals surface area contributed by atoms with E-state index in [1.165, 1.54) is 11.1 Å². The van der Waals surface area contributed by atoms with Crippen LogP contribution in [0.1, 0.15) is 53.0 Å². The second-order valence-electron chi connectivity index (χ2n) is 12.0. The van der Waals surface area contributed by atoms with E-state index in [-0.39, 0.29) is 65.6 Å². The quantitative estimate of drug-likeness (QED) is 0.216. The van der Waals surface area contributed by atoms with E-state index < -0.39 is 0 Å². The Labute approximate surface area is 316 Å². The third kappa shape index (κ3) is 7.87. The Morgan fingerprint density at radius 2 is 0.700 bits per heavy atom. The number of benzene rings is 6. The Morgan fingerprint density at radius 1 is 0.380 bits per heavy atom. The van der Waals surface area contributed by atoms with Crippen LogP contribution in [0.15, 0.2) is 180 Å². The van der Waals surface area contributed by atoms with E-state index in [4.69, 9.17) is 19.5 Å². The van der Waals surface area contributed by atoms with Crippen LogP contribution in [-0.2, 0) is 26.0 Å². The van der Waals surface area contributed by atoms with E-state index in [0.29, 0.717) is 18.2 Å². The fraction of sp³-hybridized carbons (Fsp3) is 0.116. The summed E-state index contributed by atoms with van der Waals surface area (Å²) in [6.45, 7) is 0. The normalized spacial score (nSPS) is 19.0. The van der Waals surface area contributed by atoms with Crippen molar-refractivity contribution in [2.75, 3.05) is 0 Å². The van der Waals surface area contributed by atoms with Gasteiger partial charge in [-0.2, -0.15) is 0 Å². The van der Waals surface area contributed by atoms with Gasteiger partial charge in [-0.15, -0.1) is 0 Å². The van der Waals surface area contributed by atoms with Crippen LogP contribution in [0.3, 0.4) is 0 Å². The summed E-state index contributed by atoms with van der Waals surface area (Å²) < 4.78 is 13.3. The van der Waals surface area contributed by atoms with E-state index in [1.54, 1.807) is 0 Å². The zero-order valence-electron chi connectivity index (χ0n) is 27.0. The summed E-state index contributed by atoms with van der Waals surface area (Å²) in [7, 11) is 0. The average Bonchev–Trinajstić information content (AvgIpc) is 3.78. The second kappa shape index (κ2) is 16.8. The molecule has 0 aromatic heterocycles. The average molecular weight is 740 g/mol. The van der Waals surface area contributed by atoms with Gasteiger partial charge in [-0.05, 0) is 56.6 Å². The van der Waals surface area contributed by atoms with Gasteiger partial charge in [0.25, 0.3) is 0 Å². The number of hydrogen-bond donors (Lipinski definition) is 0. The van der Waals surface area contributed by atoms with Crippen LogP contribution in [0.25, 0.3) is 22.3 Å². The van der Waals surface area contributed by atoms with E-state index in [1.807, 2.05) is 24.3 Å². The predicted molar refractivity (Wildman–Crippen MR) is 189 cm³/mol. The molecule has 4 nitrogen and oxygen atoms in total. The summed E-state index contributed by atoms with van der Waals surface area (Å²) in [5, 5.41) is 0. The number of hydrogen-bond acceptors (Lipinski definition) is 4. The second-order valence-corrected chi connectivity index (χ2v) is 12.0. The van der Waals surface area contributed by atoms with E-state index in [2.05, 4.69) is 146 Å². The van der Waals surface area contributed by atoms with Gasteiger partial charge >= 0.3 is 16.5 Å². The summed E-state index contributed by atoms with van der Waals surface area (Å²) in [6, 6.07) is 58.5. The molecule has 2 aliphatic rings. The van der Waals surface area contributed by atoms with Gasteiger partial charge in [0.15, 0.2) is 24.0 Å². The van der Waals surface area contributed by atoms with Crippen LogP contribution in [-0.4, -0.2) is 11.8 Å². The minimum atomic E-state index is -0.248. The summed E-state index contributed by atoms with van der Waals surface area (Å²) in [5.41, 5.74) is 9.08. The van der Waals surface area contributed by atoms with Crippen LogP contribution >= 0.6 is 0 Å². The molecule has 0 saturated heterocycles. The summed E-state index contributed by atoms with van der Waals surface area (Å²) in [5.74, 6) is 1.27. The molecule has 7 heteroatoms. The first-order chi connectivity index (χ1) is 23.3. The largest absolute Gasteiger partial charge is 2.00 e. The fourth-order valence-electron chi connectivity index (χ4n) is 6.58. The third-order valence-electron chi connectivity index (χ3n) is 8.89. The van der Waals surface area contributed by atoms with E-state index >= 15 is 0 Å². The molecule has 2 unspecified atom stereocenters. The van der Waals surface area contributed by atoms with Gasteiger partial charge in [-0.3, -0.25) is 0 Å². The zero-order valence-corrected chi connectivity index (χ0v) is 29.5. The molecule has 252 valence electrons. The molecule has 2 heterocycles. The minimum Gasteiger partial charge on any atom is -1.00 e. The number of aliphatic imine (C=N–C) groups is 2. The maximum absolute atomic E-state index is 6.67. The van der Waals surface area contributed by atoms with E-state index in [0.717, 1.165) is 33.4 Å². The van der Waals surface area contributed by atoms with Crippen molar-refractivity contribution in [2.24, 2.45) is 9.98 Å². The number of nitrogens with zero attached hydrogens (tertiary/aromatic N) is 2. The van der Waals surface area contributed by atoms with Crippen LogP contribution in [0.4, 0.5) is 0 Å². The Kier molecular flexibility index (Phi) is 12.3. The minimum absolute atomic E-state index is 0. The first kappa shape index (κ1) is 36.6. The molecule has 2 aliphatic heterocycles. The topological polar surface area (TPSA) is 43.2 Å². The van der Waals surface area contributed by atoms with Crippen LogP contribution in [0.5, 0.6) is 0 Å². The van der Waals surface area contributed by atoms with Gasteiger partial charge in [0.2, 0.25) is 0 Å². The Balaban J connectivity index is 0.00000162. The van der Waals surface area contributed by atoms with Gasteiger partial charge in [0, 0.05) is 0 Å². The van der Waals surface area contributed by atoms with Gasteiger partial charge < -0.3 is 34.3 Å². The molecule has 0 bridgehead atoms. The van der Waals surface area contributed by atoms with Gasteiger partial charge in [0.05, 0.1) is 6.42 Å². The Morgan fingerprint density at radius 3 is 1.08 bits per heavy atom. The van der Waals surface area contributed by atoms with E-state index in [9.17, 15) is 0 Å². The molecular formula is C43H34Cl2N2NiO2. The molecule has 8 rings (SSSR count). The number of ether oxygens (including phenoxy) is 2. The zero-order chi connectivity index (χ0) is 31.4. The van der Waals surface area contributed by atoms with Crippen molar-refractivity contribution in [3.05, 3.63) is 192 Å². The molecular weight excluding hydrogens is 706 g/mol. The standard InChI is InChI=1S/C43H34N2O2.2ClH.Ni/c1-5-15-30(16-6-1)34-23-13-25-36(27-34)40-42(32-19-9-3-10-20-32)46-38(44-40)29-39-45-41(43(47-39)33-21-11-4-12-22-33)37-26-14-24-35(28-37)31-17-7-2-8-18-31;;;/h1-28,40-43H,29H2;2*1H;/q;;;+2/p-2/t40-,41-,42?,43?;;;/m1.../s1. The van der Waals surface area contributed by atoms with Crippen LogP contribution < -0.4 is 24.8 Å². The smallest absolute Gasteiger partial charge is 1.00 e. The predicted octanol–water partition coefficient (Wildman–Crippen LogP) is 4.54. The van der Waals surface area contributed by atoms with Crippen LogP contribution in [0, 0.1) is 0 Å². The summed E-state index contributed by atoms with van der Waals surface area (Å²) in [6.07, 6.45) is -0.110. The number of halogens is 2. The Bertz CT molecular complexity index is 1900. The molecule has 4 atom stereocenters. The monoisotopic (exact) mass is 738 g/mol. The van der Waals surface area contributed by atoms with Crippen molar-refractivity contribution in [1.82, 2.24) is 0 Å². The molecule has 0 radical (unpaired) electrons. The van der Waals surface area contributed by atoms with Crippen molar-refractivity contribution in [3.8, 4) is 22.3 Å². The van der Waals surface area contributed by atoms with Crippen molar-refractivity contribution in [2.45, 2.75) is 30.7 Å². The first-order valence-corrected chi connectivity index (χ1v) is 16.2. The Hall–Kier alpha value is -4.67. The molecule has 50 heavy (non-hydrogen) atoms.